The van der Waals surface area contributed by atoms with Crippen molar-refractivity contribution in [2.45, 2.75) is 39.0 Å². The van der Waals surface area contributed by atoms with Crippen LogP contribution in [0.5, 0.6) is 0 Å². The van der Waals surface area contributed by atoms with Gasteiger partial charge in [-0.25, -0.2) is 19.9 Å². The van der Waals surface area contributed by atoms with Crippen LogP contribution >= 0.6 is 0 Å². The van der Waals surface area contributed by atoms with Gasteiger partial charge in [-0.1, -0.05) is 6.92 Å². The summed E-state index contributed by atoms with van der Waals surface area (Å²) in [4.78, 5) is 20.8. The Morgan fingerprint density at radius 1 is 1.00 bits per heavy atom. The van der Waals surface area contributed by atoms with Crippen molar-refractivity contribution in [3.8, 4) is 5.82 Å². The van der Waals surface area contributed by atoms with Crippen molar-refractivity contribution < 1.29 is 0 Å². The van der Waals surface area contributed by atoms with Crippen LogP contribution in [0, 0.1) is 6.92 Å². The first-order valence-electron chi connectivity index (χ1n) is 12.2. The highest BCUT2D eigenvalue weighted by molar-refractivity contribution is 5.75. The van der Waals surface area contributed by atoms with Gasteiger partial charge in [0, 0.05) is 49.5 Å². The molecule has 182 valence electrons. The molecule has 0 bridgehead atoms. The van der Waals surface area contributed by atoms with Gasteiger partial charge < -0.3 is 14.6 Å². The van der Waals surface area contributed by atoms with Crippen LogP contribution in [0.25, 0.3) is 11.5 Å². The second-order valence-corrected chi connectivity index (χ2v) is 8.99. The number of rotatable bonds is 6. The fourth-order valence-electron chi connectivity index (χ4n) is 4.72. The monoisotopic (exact) mass is 481 g/mol. The summed E-state index contributed by atoms with van der Waals surface area (Å²) in [5, 5.41) is 14.8. The minimum atomic E-state index is 0.431. The van der Waals surface area contributed by atoms with Crippen LogP contribution in [0.4, 0.5) is 17.3 Å². The molecule has 0 spiro atoms. The number of nitrogens with zero attached hydrogens (tertiary/aromatic N) is 10. The first-order valence-corrected chi connectivity index (χ1v) is 12.2. The van der Waals surface area contributed by atoms with E-state index in [1.807, 2.05) is 43.7 Å². The predicted octanol–water partition coefficient (Wildman–Crippen LogP) is 3.49. The molecule has 0 unspecified atom stereocenters. The van der Waals surface area contributed by atoms with Crippen LogP contribution in [-0.2, 0) is 6.42 Å². The Labute approximate surface area is 208 Å². The molecule has 1 aliphatic rings. The van der Waals surface area contributed by atoms with E-state index in [9.17, 15) is 0 Å². The van der Waals surface area contributed by atoms with Gasteiger partial charge in [-0.05, 0) is 66.4 Å². The largest absolute Gasteiger partial charge is 0.351 e. The van der Waals surface area contributed by atoms with Gasteiger partial charge in [0.05, 0.1) is 17.1 Å². The van der Waals surface area contributed by atoms with Crippen molar-refractivity contribution in [2.75, 3.05) is 23.3 Å². The maximum atomic E-state index is 4.79. The number of anilines is 3. The summed E-state index contributed by atoms with van der Waals surface area (Å²) in [6.45, 7) is 5.94. The van der Waals surface area contributed by atoms with Gasteiger partial charge in [-0.3, -0.25) is 0 Å². The molecule has 1 aliphatic heterocycles. The number of hydrogen-bond acceptors (Lipinski definition) is 9. The molecular weight excluding hydrogens is 454 g/mol. The second kappa shape index (κ2) is 9.33. The molecule has 0 saturated carbocycles. The molecular formula is C25H27N11. The van der Waals surface area contributed by atoms with Crippen LogP contribution < -0.4 is 10.2 Å². The van der Waals surface area contributed by atoms with Crippen LogP contribution in [-0.4, -0.2) is 57.6 Å². The molecule has 0 aromatic carbocycles. The van der Waals surface area contributed by atoms with Crippen LogP contribution in [0.1, 0.15) is 42.6 Å². The Morgan fingerprint density at radius 3 is 2.56 bits per heavy atom. The number of aromatic nitrogens is 9. The Balaban J connectivity index is 1.19. The van der Waals surface area contributed by atoms with E-state index in [0.717, 1.165) is 61.0 Å². The van der Waals surface area contributed by atoms with E-state index in [-0.39, 0.29) is 0 Å². The Hall–Kier alpha value is -4.41. The minimum absolute atomic E-state index is 0.431. The Morgan fingerprint density at radius 2 is 1.83 bits per heavy atom. The molecule has 11 nitrogen and oxygen atoms in total. The number of imidazole rings is 1. The third kappa shape index (κ3) is 4.12. The second-order valence-electron chi connectivity index (χ2n) is 8.99. The zero-order valence-electron chi connectivity index (χ0n) is 20.3. The zero-order valence-corrected chi connectivity index (χ0v) is 20.3. The van der Waals surface area contributed by atoms with Crippen molar-refractivity contribution in [1.82, 2.24) is 44.5 Å². The lowest BCUT2D eigenvalue weighted by Gasteiger charge is -2.31. The van der Waals surface area contributed by atoms with Crippen LogP contribution in [0.15, 0.2) is 55.4 Å². The standard InChI is InChI=1S/C25H27N11/c1-3-18-13-27-25(28-14-18)34-11-8-19(9-12-34)22-15-26-24-21(5-4-10-35(22)24)31-20-6-7-23(30-17(20)2)36-16-29-32-33-36/h4-7,10,13-16,19,31H,3,8-9,11-12H2,1-2H3. The molecule has 1 N–H and O–H groups in total. The van der Waals surface area contributed by atoms with E-state index in [0.29, 0.717) is 11.7 Å². The summed E-state index contributed by atoms with van der Waals surface area (Å²) in [6.07, 6.45) is 12.5. The average molecular weight is 482 g/mol. The van der Waals surface area contributed by atoms with Crippen molar-refractivity contribution >= 4 is 23.0 Å². The normalized spacial score (nSPS) is 14.4. The molecule has 6 rings (SSSR count). The van der Waals surface area contributed by atoms with Gasteiger partial charge in [0.25, 0.3) is 0 Å². The van der Waals surface area contributed by atoms with Crippen molar-refractivity contribution in [2.24, 2.45) is 0 Å². The molecule has 6 heterocycles. The fraction of sp³-hybridized carbons (Fsp3) is 0.320. The Bertz CT molecular complexity index is 1470. The molecule has 5 aromatic rings. The molecule has 0 aliphatic carbocycles. The number of pyridine rings is 2. The smallest absolute Gasteiger partial charge is 0.225 e. The first kappa shape index (κ1) is 22.1. The third-order valence-corrected chi connectivity index (χ3v) is 6.78. The quantitative estimate of drug-likeness (QED) is 0.389. The summed E-state index contributed by atoms with van der Waals surface area (Å²) in [5.41, 5.74) is 5.99. The zero-order chi connectivity index (χ0) is 24.5. The number of fused-ring (bicyclic) bond motifs is 1. The highest BCUT2D eigenvalue weighted by Gasteiger charge is 2.25. The van der Waals surface area contributed by atoms with E-state index < -0.39 is 0 Å². The number of tetrazole rings is 1. The van der Waals surface area contributed by atoms with Crippen molar-refractivity contribution in [1.29, 1.82) is 0 Å². The molecule has 0 amide bonds. The predicted molar refractivity (Wildman–Crippen MR) is 136 cm³/mol. The molecule has 0 radical (unpaired) electrons. The van der Waals surface area contributed by atoms with Gasteiger partial charge in [0.1, 0.15) is 6.33 Å². The van der Waals surface area contributed by atoms with Crippen LogP contribution in [0.3, 0.4) is 0 Å². The number of aryl methyl sites for hydroxylation is 2. The van der Waals surface area contributed by atoms with Gasteiger partial charge in [-0.15, -0.1) is 5.10 Å². The lowest BCUT2D eigenvalue weighted by Crippen LogP contribution is -2.34. The van der Waals surface area contributed by atoms with E-state index in [2.05, 4.69) is 64.3 Å². The van der Waals surface area contributed by atoms with Crippen LogP contribution in [0.2, 0.25) is 0 Å². The average Bonchev–Trinajstić information content (AvgIpc) is 3.61. The summed E-state index contributed by atoms with van der Waals surface area (Å²) in [7, 11) is 0. The highest BCUT2D eigenvalue weighted by atomic mass is 15.5. The minimum Gasteiger partial charge on any atom is -0.351 e. The Kier molecular flexibility index (Phi) is 5.72. The summed E-state index contributed by atoms with van der Waals surface area (Å²) >= 11 is 0. The van der Waals surface area contributed by atoms with E-state index in [1.54, 1.807) is 0 Å². The highest BCUT2D eigenvalue weighted by Crippen LogP contribution is 2.32. The van der Waals surface area contributed by atoms with Gasteiger partial charge in [-0.2, -0.15) is 4.68 Å². The molecule has 11 heteroatoms. The summed E-state index contributed by atoms with van der Waals surface area (Å²) in [5.74, 6) is 1.92. The molecule has 1 saturated heterocycles. The summed E-state index contributed by atoms with van der Waals surface area (Å²) < 4.78 is 3.74. The van der Waals surface area contributed by atoms with E-state index in [1.165, 1.54) is 22.3 Å². The van der Waals surface area contributed by atoms with Crippen molar-refractivity contribution in [3.63, 3.8) is 0 Å². The van der Waals surface area contributed by atoms with Gasteiger partial charge >= 0.3 is 0 Å². The fourth-order valence-corrected chi connectivity index (χ4v) is 4.72. The SMILES string of the molecule is CCc1cnc(N2CCC(c3cnc4c(Nc5ccc(-n6cnnn6)nc5C)cccn34)CC2)nc1. The lowest BCUT2D eigenvalue weighted by atomic mass is 9.94. The topological polar surface area (TPSA) is 115 Å². The van der Waals surface area contributed by atoms with Gasteiger partial charge in [0.15, 0.2) is 11.5 Å². The number of hydrogen-bond donors (Lipinski definition) is 1. The van der Waals surface area contributed by atoms with Crippen molar-refractivity contribution in [3.05, 3.63) is 72.3 Å². The molecule has 36 heavy (non-hydrogen) atoms. The van der Waals surface area contributed by atoms with E-state index in [4.69, 9.17) is 4.98 Å². The lowest BCUT2D eigenvalue weighted by molar-refractivity contribution is 0.488. The van der Waals surface area contributed by atoms with Gasteiger partial charge in [0.2, 0.25) is 5.95 Å². The summed E-state index contributed by atoms with van der Waals surface area (Å²) in [6, 6.07) is 7.96. The third-order valence-electron chi connectivity index (χ3n) is 6.78. The molecule has 0 atom stereocenters. The maximum absolute atomic E-state index is 4.79. The number of piperidine rings is 1. The maximum Gasteiger partial charge on any atom is 0.225 e. The molecule has 5 aromatic heterocycles. The number of nitrogens with one attached hydrogen (secondary N) is 1. The van der Waals surface area contributed by atoms with E-state index >= 15 is 0 Å². The molecule has 1 fully saturated rings. The first-order chi connectivity index (χ1) is 17.7.